The molecular weight excluding hydrogens is 332 g/mol. The fourth-order valence-electron chi connectivity index (χ4n) is 3.23. The molecule has 0 aliphatic carbocycles. The number of thiazole rings is 1. The van der Waals surface area contributed by atoms with Crippen molar-refractivity contribution in [2.75, 3.05) is 18.4 Å². The van der Waals surface area contributed by atoms with Gasteiger partial charge in [0.1, 0.15) is 0 Å². The van der Waals surface area contributed by atoms with Crippen molar-refractivity contribution in [2.45, 2.75) is 25.7 Å². The number of nitrogens with one attached hydrogen (secondary N) is 2. The Morgan fingerprint density at radius 1 is 1.24 bits per heavy atom. The number of anilines is 1. The number of aromatic nitrogens is 2. The molecule has 3 aromatic rings. The van der Waals surface area contributed by atoms with E-state index in [9.17, 15) is 4.79 Å². The van der Waals surface area contributed by atoms with Gasteiger partial charge in [0.15, 0.2) is 5.13 Å². The van der Waals surface area contributed by atoms with Crippen molar-refractivity contribution >= 4 is 33.3 Å². The van der Waals surface area contributed by atoms with Crippen LogP contribution in [0.25, 0.3) is 10.9 Å². The summed E-state index contributed by atoms with van der Waals surface area (Å²) in [5.41, 5.74) is 2.21. The minimum absolute atomic E-state index is 0.157. The Balaban J connectivity index is 1.56. The number of pyridine rings is 1. The van der Waals surface area contributed by atoms with Gasteiger partial charge in [0.2, 0.25) is 0 Å². The molecule has 128 valence electrons. The van der Waals surface area contributed by atoms with Crippen molar-refractivity contribution in [1.82, 2.24) is 15.3 Å². The lowest BCUT2D eigenvalue weighted by Crippen LogP contribution is -2.26. The van der Waals surface area contributed by atoms with Gasteiger partial charge in [-0.1, -0.05) is 18.2 Å². The van der Waals surface area contributed by atoms with Gasteiger partial charge in [-0.15, -0.1) is 11.3 Å². The average Bonchev–Trinajstić information content (AvgIpc) is 3.10. The van der Waals surface area contributed by atoms with Crippen LogP contribution in [0.15, 0.2) is 36.5 Å². The molecular formula is C19H20N4OS. The molecule has 4 rings (SSSR count). The van der Waals surface area contributed by atoms with Crippen molar-refractivity contribution < 1.29 is 4.79 Å². The summed E-state index contributed by atoms with van der Waals surface area (Å²) in [6, 6.07) is 9.61. The second kappa shape index (κ2) is 6.90. The number of aryl methyl sites for hydroxylation is 1. The summed E-state index contributed by atoms with van der Waals surface area (Å²) >= 11 is 1.58. The Bertz CT molecular complexity index is 915. The predicted molar refractivity (Wildman–Crippen MR) is 101 cm³/mol. The van der Waals surface area contributed by atoms with Crippen LogP contribution in [0.2, 0.25) is 0 Å². The fourth-order valence-corrected chi connectivity index (χ4v) is 4.21. The molecule has 1 saturated heterocycles. The summed E-state index contributed by atoms with van der Waals surface area (Å²) in [6.07, 6.45) is 4.16. The predicted octanol–water partition coefficient (Wildman–Crippen LogP) is 3.72. The second-order valence-electron chi connectivity index (χ2n) is 6.38. The fraction of sp³-hybridized carbons (Fsp3) is 0.316. The van der Waals surface area contributed by atoms with Gasteiger partial charge in [0.25, 0.3) is 5.91 Å². The summed E-state index contributed by atoms with van der Waals surface area (Å²) in [7, 11) is 0. The van der Waals surface area contributed by atoms with Gasteiger partial charge in [0, 0.05) is 22.2 Å². The second-order valence-corrected chi connectivity index (χ2v) is 7.44. The van der Waals surface area contributed by atoms with Crippen molar-refractivity contribution in [2.24, 2.45) is 0 Å². The number of nitrogens with zero attached hydrogens (tertiary/aromatic N) is 2. The summed E-state index contributed by atoms with van der Waals surface area (Å²) in [4.78, 5) is 22.9. The highest BCUT2D eigenvalue weighted by atomic mass is 32.1. The molecule has 2 N–H and O–H groups in total. The molecule has 6 heteroatoms. The average molecular weight is 352 g/mol. The van der Waals surface area contributed by atoms with Crippen LogP contribution < -0.4 is 10.6 Å². The first-order chi connectivity index (χ1) is 12.2. The van der Waals surface area contributed by atoms with Crippen LogP contribution in [-0.4, -0.2) is 29.0 Å². The normalized spacial score (nSPS) is 15.4. The van der Waals surface area contributed by atoms with Crippen LogP contribution in [0.4, 0.5) is 5.13 Å². The smallest absolute Gasteiger partial charge is 0.259 e. The highest BCUT2D eigenvalue weighted by Crippen LogP contribution is 2.32. The van der Waals surface area contributed by atoms with Gasteiger partial charge in [0.05, 0.1) is 11.1 Å². The number of hydrogen-bond donors (Lipinski definition) is 2. The third-order valence-electron chi connectivity index (χ3n) is 4.59. The number of para-hydroxylation sites is 1. The van der Waals surface area contributed by atoms with Crippen molar-refractivity contribution in [3.8, 4) is 0 Å². The van der Waals surface area contributed by atoms with E-state index in [1.807, 2.05) is 43.5 Å². The molecule has 5 nitrogen and oxygen atoms in total. The number of rotatable bonds is 3. The Hall–Kier alpha value is -2.31. The Kier molecular flexibility index (Phi) is 4.46. The molecule has 1 aromatic carbocycles. The van der Waals surface area contributed by atoms with Crippen LogP contribution in [0.1, 0.15) is 39.7 Å². The number of carbonyl (C=O) groups excluding carboxylic acids is 1. The van der Waals surface area contributed by atoms with Crippen LogP contribution >= 0.6 is 11.3 Å². The maximum absolute atomic E-state index is 12.7. The van der Waals surface area contributed by atoms with Crippen LogP contribution in [0, 0.1) is 6.92 Å². The quantitative estimate of drug-likeness (QED) is 0.754. The minimum Gasteiger partial charge on any atom is -0.317 e. The van der Waals surface area contributed by atoms with E-state index in [1.54, 1.807) is 11.3 Å². The first kappa shape index (κ1) is 16.2. The lowest BCUT2D eigenvalue weighted by molar-refractivity contribution is 0.102. The summed E-state index contributed by atoms with van der Waals surface area (Å²) in [5.74, 6) is 0.390. The number of benzene rings is 1. The van der Waals surface area contributed by atoms with Gasteiger partial charge >= 0.3 is 0 Å². The monoisotopic (exact) mass is 352 g/mol. The number of amides is 1. The van der Waals surface area contributed by atoms with E-state index in [-0.39, 0.29) is 5.91 Å². The molecule has 0 atom stereocenters. The van der Waals surface area contributed by atoms with Crippen LogP contribution in [-0.2, 0) is 0 Å². The Labute approximate surface area is 150 Å². The third kappa shape index (κ3) is 3.41. The number of carbonyl (C=O) groups is 1. The molecule has 0 unspecified atom stereocenters. The number of fused-ring (bicyclic) bond motifs is 1. The van der Waals surface area contributed by atoms with Gasteiger partial charge in [-0.2, -0.15) is 0 Å². The molecule has 0 spiro atoms. The van der Waals surface area contributed by atoms with E-state index >= 15 is 0 Å². The van der Waals surface area contributed by atoms with E-state index in [0.29, 0.717) is 16.6 Å². The molecule has 1 amide bonds. The summed E-state index contributed by atoms with van der Waals surface area (Å²) in [6.45, 7) is 4.02. The summed E-state index contributed by atoms with van der Waals surface area (Å²) in [5, 5.41) is 7.94. The Morgan fingerprint density at radius 2 is 2.08 bits per heavy atom. The topological polar surface area (TPSA) is 66.9 Å². The van der Waals surface area contributed by atoms with Gasteiger partial charge in [-0.05, 0) is 50.9 Å². The van der Waals surface area contributed by atoms with Crippen molar-refractivity contribution in [1.29, 1.82) is 0 Å². The zero-order valence-electron chi connectivity index (χ0n) is 14.1. The molecule has 0 radical (unpaired) electrons. The van der Waals surface area contributed by atoms with Gasteiger partial charge < -0.3 is 5.32 Å². The van der Waals surface area contributed by atoms with Crippen molar-refractivity contribution in [3.05, 3.63) is 52.7 Å². The van der Waals surface area contributed by atoms with E-state index < -0.39 is 0 Å². The van der Waals surface area contributed by atoms with Crippen LogP contribution in [0.3, 0.4) is 0 Å². The first-order valence-electron chi connectivity index (χ1n) is 8.55. The molecule has 1 fully saturated rings. The molecule has 3 heterocycles. The molecule has 25 heavy (non-hydrogen) atoms. The van der Waals surface area contributed by atoms with Crippen LogP contribution in [0.5, 0.6) is 0 Å². The minimum atomic E-state index is -0.157. The van der Waals surface area contributed by atoms with Gasteiger partial charge in [-0.3, -0.25) is 15.1 Å². The standard InChI is InChI=1S/C19H20N4OS/c1-12-5-6-14-3-2-4-15(17(14)22-12)18(24)23-19-21-11-16(25-19)13-7-9-20-10-8-13/h2-6,11,13,20H,7-10H2,1H3,(H,21,23,24). The molecule has 1 aliphatic heterocycles. The molecule has 2 aromatic heterocycles. The summed E-state index contributed by atoms with van der Waals surface area (Å²) < 4.78 is 0. The van der Waals surface area contributed by atoms with E-state index in [1.165, 1.54) is 4.88 Å². The van der Waals surface area contributed by atoms with Gasteiger partial charge in [-0.25, -0.2) is 4.98 Å². The zero-order valence-corrected chi connectivity index (χ0v) is 14.9. The van der Waals surface area contributed by atoms with E-state index in [2.05, 4.69) is 20.6 Å². The van der Waals surface area contributed by atoms with E-state index in [0.717, 1.165) is 42.5 Å². The van der Waals surface area contributed by atoms with Crippen molar-refractivity contribution in [3.63, 3.8) is 0 Å². The number of hydrogen-bond acceptors (Lipinski definition) is 5. The maximum atomic E-state index is 12.7. The largest absolute Gasteiger partial charge is 0.317 e. The molecule has 1 aliphatic rings. The zero-order chi connectivity index (χ0) is 17.2. The Morgan fingerprint density at radius 3 is 2.92 bits per heavy atom. The first-order valence-corrected chi connectivity index (χ1v) is 9.36. The lowest BCUT2D eigenvalue weighted by Gasteiger charge is -2.20. The third-order valence-corrected chi connectivity index (χ3v) is 5.66. The SMILES string of the molecule is Cc1ccc2cccc(C(=O)Nc3ncc(C4CCNCC4)s3)c2n1. The maximum Gasteiger partial charge on any atom is 0.259 e. The highest BCUT2D eigenvalue weighted by molar-refractivity contribution is 7.15. The highest BCUT2D eigenvalue weighted by Gasteiger charge is 2.19. The lowest BCUT2D eigenvalue weighted by atomic mass is 9.97. The molecule has 0 saturated carbocycles. The molecule has 0 bridgehead atoms. The number of piperidine rings is 1. The van der Waals surface area contributed by atoms with E-state index in [4.69, 9.17) is 0 Å².